The maximum absolute atomic E-state index is 13.2. The van der Waals surface area contributed by atoms with Crippen LogP contribution in [-0.4, -0.2) is 31.2 Å². The highest BCUT2D eigenvalue weighted by molar-refractivity contribution is 5.93. The molecule has 25 heavy (non-hydrogen) atoms. The van der Waals surface area contributed by atoms with Crippen molar-refractivity contribution < 1.29 is 28.2 Å². The van der Waals surface area contributed by atoms with Crippen LogP contribution in [-0.2, 0) is 14.3 Å². The Morgan fingerprint density at radius 1 is 1.24 bits per heavy atom. The number of halogens is 1. The lowest BCUT2D eigenvalue weighted by molar-refractivity contribution is -0.156. The van der Waals surface area contributed by atoms with Crippen LogP contribution < -0.4 is 14.8 Å². The van der Waals surface area contributed by atoms with E-state index in [1.165, 1.54) is 12.1 Å². The molecule has 6 nitrogen and oxygen atoms in total. The Bertz CT molecular complexity index is 808. The maximum Gasteiger partial charge on any atom is 0.351 e. The fraction of sp³-hybridized carbons (Fsp3) is 0.222. The number of para-hydroxylation sites is 2. The third-order valence-electron chi connectivity index (χ3n) is 3.59. The van der Waals surface area contributed by atoms with Gasteiger partial charge in [0.05, 0.1) is 0 Å². The molecule has 1 aliphatic rings. The number of ether oxygens (including phenoxy) is 3. The average molecular weight is 345 g/mol. The molecular formula is C18H16FNO5. The summed E-state index contributed by atoms with van der Waals surface area (Å²) in [5.41, 5.74) is 1.02. The largest absolute Gasteiger partial charge is 0.485 e. The third kappa shape index (κ3) is 4.06. The molecule has 1 heterocycles. The number of hydrogen-bond acceptors (Lipinski definition) is 5. The van der Waals surface area contributed by atoms with Gasteiger partial charge in [0.25, 0.3) is 5.91 Å². The summed E-state index contributed by atoms with van der Waals surface area (Å²) in [6.45, 7) is 1.22. The molecule has 1 aliphatic heterocycles. The van der Waals surface area contributed by atoms with Crippen molar-refractivity contribution in [1.29, 1.82) is 0 Å². The van der Waals surface area contributed by atoms with E-state index < -0.39 is 30.4 Å². The number of hydrogen-bond donors (Lipinski definition) is 1. The second-order valence-electron chi connectivity index (χ2n) is 5.48. The van der Waals surface area contributed by atoms with Crippen LogP contribution in [0.2, 0.25) is 0 Å². The number of aryl methyl sites for hydroxylation is 1. The Balaban J connectivity index is 1.52. The average Bonchev–Trinajstić information content (AvgIpc) is 2.62. The van der Waals surface area contributed by atoms with Crippen LogP contribution in [0.3, 0.4) is 0 Å². The number of esters is 1. The third-order valence-corrected chi connectivity index (χ3v) is 3.59. The first kappa shape index (κ1) is 16.8. The number of amides is 1. The fourth-order valence-corrected chi connectivity index (χ4v) is 2.28. The first-order valence-corrected chi connectivity index (χ1v) is 7.64. The Hall–Kier alpha value is -3.09. The molecule has 0 spiro atoms. The van der Waals surface area contributed by atoms with Crippen LogP contribution in [0.4, 0.5) is 10.1 Å². The highest BCUT2D eigenvalue weighted by Gasteiger charge is 2.29. The van der Waals surface area contributed by atoms with E-state index in [1.807, 2.05) is 0 Å². The summed E-state index contributed by atoms with van der Waals surface area (Å²) in [4.78, 5) is 23.9. The van der Waals surface area contributed by atoms with Crippen LogP contribution in [0, 0.1) is 12.7 Å². The molecular weight excluding hydrogens is 329 g/mol. The molecule has 130 valence electrons. The van der Waals surface area contributed by atoms with E-state index in [4.69, 9.17) is 14.2 Å². The van der Waals surface area contributed by atoms with Gasteiger partial charge >= 0.3 is 5.97 Å². The molecule has 3 rings (SSSR count). The van der Waals surface area contributed by atoms with Crippen molar-refractivity contribution in [2.75, 3.05) is 18.5 Å². The smallest absolute Gasteiger partial charge is 0.351 e. The van der Waals surface area contributed by atoms with Gasteiger partial charge in [-0.25, -0.2) is 9.18 Å². The normalized spacial score (nSPS) is 15.4. The van der Waals surface area contributed by atoms with Gasteiger partial charge in [0.2, 0.25) is 6.10 Å². The quantitative estimate of drug-likeness (QED) is 0.862. The van der Waals surface area contributed by atoms with E-state index in [2.05, 4.69) is 5.32 Å². The number of rotatable bonds is 4. The highest BCUT2D eigenvalue weighted by Crippen LogP contribution is 2.31. The zero-order valence-electron chi connectivity index (χ0n) is 13.5. The van der Waals surface area contributed by atoms with Crippen molar-refractivity contribution in [1.82, 2.24) is 0 Å². The van der Waals surface area contributed by atoms with Gasteiger partial charge in [-0.1, -0.05) is 18.2 Å². The van der Waals surface area contributed by atoms with E-state index in [0.29, 0.717) is 22.7 Å². The van der Waals surface area contributed by atoms with E-state index in [9.17, 15) is 14.0 Å². The van der Waals surface area contributed by atoms with Crippen molar-refractivity contribution in [3.63, 3.8) is 0 Å². The van der Waals surface area contributed by atoms with Crippen molar-refractivity contribution >= 4 is 17.6 Å². The standard InChI is InChI=1S/C18H16FNO5/c1-11-6-7-12(19)8-13(11)20-17(21)10-24-18(22)16-9-23-14-4-2-3-5-15(14)25-16/h2-8,16H,9-10H2,1H3,(H,20,21). The van der Waals surface area contributed by atoms with Gasteiger partial charge in [-0.05, 0) is 36.8 Å². The van der Waals surface area contributed by atoms with Crippen LogP contribution in [0.25, 0.3) is 0 Å². The molecule has 0 fully saturated rings. The van der Waals surface area contributed by atoms with Crippen LogP contribution in [0.15, 0.2) is 42.5 Å². The van der Waals surface area contributed by atoms with Gasteiger partial charge in [0.1, 0.15) is 12.4 Å². The van der Waals surface area contributed by atoms with Crippen LogP contribution >= 0.6 is 0 Å². The van der Waals surface area contributed by atoms with Crippen LogP contribution in [0.5, 0.6) is 11.5 Å². The summed E-state index contributed by atoms with van der Waals surface area (Å²) in [6.07, 6.45) is -0.946. The number of carbonyl (C=O) groups excluding carboxylic acids is 2. The lowest BCUT2D eigenvalue weighted by atomic mass is 10.2. The summed E-state index contributed by atoms with van der Waals surface area (Å²) in [5.74, 6) is -0.759. The second kappa shape index (κ2) is 7.21. The number of fused-ring (bicyclic) bond motifs is 1. The first-order chi connectivity index (χ1) is 12.0. The minimum absolute atomic E-state index is 0.000467. The SMILES string of the molecule is Cc1ccc(F)cc1NC(=O)COC(=O)C1COc2ccccc2O1. The van der Waals surface area contributed by atoms with Crippen molar-refractivity contribution in [3.8, 4) is 11.5 Å². The Kier molecular flexibility index (Phi) is 4.83. The number of anilines is 1. The molecule has 2 aromatic carbocycles. The summed E-state index contributed by atoms with van der Waals surface area (Å²) in [7, 11) is 0. The summed E-state index contributed by atoms with van der Waals surface area (Å²) >= 11 is 0. The van der Waals surface area contributed by atoms with E-state index in [1.54, 1.807) is 37.3 Å². The number of benzene rings is 2. The molecule has 1 atom stereocenters. The molecule has 1 amide bonds. The molecule has 2 aromatic rings. The van der Waals surface area contributed by atoms with Gasteiger partial charge < -0.3 is 19.5 Å². The molecule has 0 aromatic heterocycles. The molecule has 7 heteroatoms. The number of nitrogens with one attached hydrogen (secondary N) is 1. The zero-order valence-corrected chi connectivity index (χ0v) is 13.5. The van der Waals surface area contributed by atoms with E-state index >= 15 is 0 Å². The Morgan fingerprint density at radius 2 is 2.00 bits per heavy atom. The van der Waals surface area contributed by atoms with Gasteiger partial charge in [-0.2, -0.15) is 0 Å². The van der Waals surface area contributed by atoms with Crippen molar-refractivity contribution in [3.05, 3.63) is 53.8 Å². The summed E-state index contributed by atoms with van der Waals surface area (Å²) < 4.78 is 29.1. The second-order valence-corrected chi connectivity index (χ2v) is 5.48. The van der Waals surface area contributed by atoms with Crippen LogP contribution in [0.1, 0.15) is 5.56 Å². The minimum Gasteiger partial charge on any atom is -0.485 e. The lowest BCUT2D eigenvalue weighted by Gasteiger charge is -2.24. The van der Waals surface area contributed by atoms with Crippen molar-refractivity contribution in [2.24, 2.45) is 0 Å². The number of carbonyl (C=O) groups is 2. The van der Waals surface area contributed by atoms with Gasteiger partial charge in [0.15, 0.2) is 18.1 Å². The topological polar surface area (TPSA) is 73.9 Å². The predicted molar refractivity (Wildman–Crippen MR) is 87.1 cm³/mol. The van der Waals surface area contributed by atoms with E-state index in [0.717, 1.165) is 0 Å². The molecule has 0 saturated carbocycles. The lowest BCUT2D eigenvalue weighted by Crippen LogP contribution is -2.39. The van der Waals surface area contributed by atoms with E-state index in [-0.39, 0.29) is 6.61 Å². The molecule has 1 N–H and O–H groups in total. The fourth-order valence-electron chi connectivity index (χ4n) is 2.28. The van der Waals surface area contributed by atoms with Gasteiger partial charge in [-0.15, -0.1) is 0 Å². The Morgan fingerprint density at radius 3 is 2.80 bits per heavy atom. The minimum atomic E-state index is -0.946. The predicted octanol–water partition coefficient (Wildman–Crippen LogP) is 2.46. The van der Waals surface area contributed by atoms with Gasteiger partial charge in [-0.3, -0.25) is 4.79 Å². The maximum atomic E-state index is 13.2. The zero-order chi connectivity index (χ0) is 17.8. The first-order valence-electron chi connectivity index (χ1n) is 7.64. The Labute approximate surface area is 143 Å². The van der Waals surface area contributed by atoms with Crippen molar-refractivity contribution in [2.45, 2.75) is 13.0 Å². The summed E-state index contributed by atoms with van der Waals surface area (Å²) in [5, 5.41) is 2.50. The highest BCUT2D eigenvalue weighted by atomic mass is 19.1. The molecule has 0 aliphatic carbocycles. The monoisotopic (exact) mass is 345 g/mol. The molecule has 0 saturated heterocycles. The van der Waals surface area contributed by atoms with Gasteiger partial charge in [0, 0.05) is 5.69 Å². The molecule has 1 unspecified atom stereocenters. The molecule has 0 radical (unpaired) electrons. The molecule has 0 bridgehead atoms. The summed E-state index contributed by atoms with van der Waals surface area (Å²) in [6, 6.07) is 11.0.